The van der Waals surface area contributed by atoms with Gasteiger partial charge in [0, 0.05) is 12.1 Å². The molecule has 1 heterocycles. The van der Waals surface area contributed by atoms with E-state index in [1.54, 1.807) is 6.92 Å². The molecule has 0 spiro atoms. The first kappa shape index (κ1) is 12.9. The number of aromatic hydroxyl groups is 1. The molecule has 0 aromatic carbocycles. The highest BCUT2D eigenvalue weighted by atomic mass is 31.2. The van der Waals surface area contributed by atoms with Gasteiger partial charge < -0.3 is 14.2 Å². The van der Waals surface area contributed by atoms with Crippen LogP contribution in [0.4, 0.5) is 0 Å². The summed E-state index contributed by atoms with van der Waals surface area (Å²) in [6.07, 6.45) is 1.01. The molecule has 6 nitrogen and oxygen atoms in total. The Bertz CT molecular complexity index is 358. The Kier molecular flexibility index (Phi) is 4.71. The molecule has 0 aliphatic heterocycles. The predicted molar refractivity (Wildman–Crippen MR) is 58.7 cm³/mol. The van der Waals surface area contributed by atoms with Crippen molar-refractivity contribution in [1.29, 1.82) is 0 Å². The molecule has 7 heteroatoms. The van der Waals surface area contributed by atoms with E-state index < -0.39 is 7.60 Å². The molecular weight excluding hydrogens is 231 g/mol. The summed E-state index contributed by atoms with van der Waals surface area (Å²) >= 11 is 0. The molecule has 1 N–H and O–H groups in total. The van der Waals surface area contributed by atoms with Crippen molar-refractivity contribution in [3.8, 4) is 11.8 Å². The van der Waals surface area contributed by atoms with Gasteiger partial charge in [0.05, 0.1) is 12.8 Å². The lowest BCUT2D eigenvalue weighted by Crippen LogP contribution is -2.03. The molecule has 0 bridgehead atoms. The SMILES string of the molecule is CCCP(=O)(OCC)Oc1ccc(O)nn1. The van der Waals surface area contributed by atoms with Gasteiger partial charge >= 0.3 is 7.60 Å². The lowest BCUT2D eigenvalue weighted by molar-refractivity contribution is 0.275. The zero-order valence-corrected chi connectivity index (χ0v) is 10.2. The molecule has 0 saturated carbocycles. The first-order chi connectivity index (χ1) is 7.59. The van der Waals surface area contributed by atoms with Crippen LogP contribution in [0.3, 0.4) is 0 Å². The van der Waals surface area contributed by atoms with Crippen LogP contribution in [0.2, 0.25) is 0 Å². The lowest BCUT2D eigenvalue weighted by atomic mass is 10.5. The van der Waals surface area contributed by atoms with Crippen molar-refractivity contribution in [3.63, 3.8) is 0 Å². The molecule has 90 valence electrons. The lowest BCUT2D eigenvalue weighted by Gasteiger charge is -2.16. The van der Waals surface area contributed by atoms with Crippen LogP contribution in [0.25, 0.3) is 0 Å². The number of hydrogen-bond donors (Lipinski definition) is 1. The summed E-state index contributed by atoms with van der Waals surface area (Å²) in [6, 6.07) is 2.70. The minimum atomic E-state index is -3.14. The highest BCUT2D eigenvalue weighted by Crippen LogP contribution is 2.48. The van der Waals surface area contributed by atoms with Gasteiger partial charge in [0.15, 0.2) is 0 Å². The van der Waals surface area contributed by atoms with Crippen molar-refractivity contribution in [3.05, 3.63) is 12.1 Å². The first-order valence-electron chi connectivity index (χ1n) is 5.05. The average molecular weight is 246 g/mol. The largest absolute Gasteiger partial charge is 0.492 e. The molecule has 1 atom stereocenters. The Balaban J connectivity index is 2.75. The highest BCUT2D eigenvalue weighted by molar-refractivity contribution is 7.54. The van der Waals surface area contributed by atoms with Gasteiger partial charge in [-0.2, -0.15) is 0 Å². The summed E-state index contributed by atoms with van der Waals surface area (Å²) in [6.45, 7) is 3.94. The first-order valence-corrected chi connectivity index (χ1v) is 6.78. The molecule has 0 aliphatic rings. The van der Waals surface area contributed by atoms with Crippen LogP contribution in [0.5, 0.6) is 11.8 Å². The third-order valence-corrected chi connectivity index (χ3v) is 3.79. The summed E-state index contributed by atoms with van der Waals surface area (Å²) in [7, 11) is -3.14. The van der Waals surface area contributed by atoms with E-state index >= 15 is 0 Å². The number of hydrogen-bond acceptors (Lipinski definition) is 6. The molecular formula is C9H15N2O4P. The fourth-order valence-corrected chi connectivity index (χ4v) is 2.71. The Morgan fingerprint density at radius 3 is 2.62 bits per heavy atom. The fraction of sp³-hybridized carbons (Fsp3) is 0.556. The number of rotatable bonds is 6. The van der Waals surface area contributed by atoms with Gasteiger partial charge in [0.2, 0.25) is 11.8 Å². The zero-order chi connectivity index (χ0) is 12.0. The monoisotopic (exact) mass is 246 g/mol. The van der Waals surface area contributed by atoms with Crippen LogP contribution in [-0.2, 0) is 9.09 Å². The molecule has 0 amide bonds. The Morgan fingerprint density at radius 1 is 1.38 bits per heavy atom. The molecule has 1 unspecified atom stereocenters. The maximum Gasteiger partial charge on any atom is 0.380 e. The normalized spacial score (nSPS) is 14.4. The Morgan fingerprint density at radius 2 is 2.12 bits per heavy atom. The minimum Gasteiger partial charge on any atom is -0.492 e. The van der Waals surface area contributed by atoms with Crippen molar-refractivity contribution < 1.29 is 18.7 Å². The molecule has 0 saturated heterocycles. The summed E-state index contributed by atoms with van der Waals surface area (Å²) in [5, 5.41) is 15.9. The van der Waals surface area contributed by atoms with Crippen molar-refractivity contribution >= 4 is 7.60 Å². The van der Waals surface area contributed by atoms with E-state index in [-0.39, 0.29) is 11.8 Å². The average Bonchev–Trinajstić information content (AvgIpc) is 2.22. The van der Waals surface area contributed by atoms with E-state index in [1.165, 1.54) is 12.1 Å². The van der Waals surface area contributed by atoms with Gasteiger partial charge in [-0.3, -0.25) is 0 Å². The number of nitrogens with zero attached hydrogens (tertiary/aromatic N) is 2. The van der Waals surface area contributed by atoms with E-state index in [1.807, 2.05) is 6.92 Å². The molecule has 0 aliphatic carbocycles. The predicted octanol–water partition coefficient (Wildman–Crippen LogP) is 2.20. The topological polar surface area (TPSA) is 81.5 Å². The van der Waals surface area contributed by atoms with Crippen molar-refractivity contribution in [2.24, 2.45) is 0 Å². The molecule has 0 radical (unpaired) electrons. The van der Waals surface area contributed by atoms with Crippen LogP contribution >= 0.6 is 7.60 Å². The third kappa shape index (κ3) is 3.79. The minimum absolute atomic E-state index is 0.0861. The van der Waals surface area contributed by atoms with E-state index in [0.29, 0.717) is 19.2 Å². The van der Waals surface area contributed by atoms with E-state index in [9.17, 15) is 4.57 Å². The van der Waals surface area contributed by atoms with E-state index in [2.05, 4.69) is 10.2 Å². The van der Waals surface area contributed by atoms with Crippen molar-refractivity contribution in [2.45, 2.75) is 20.3 Å². The fourth-order valence-electron chi connectivity index (χ4n) is 1.11. The third-order valence-electron chi connectivity index (χ3n) is 1.68. The summed E-state index contributed by atoms with van der Waals surface area (Å²) < 4.78 is 22.4. The summed E-state index contributed by atoms with van der Waals surface area (Å²) in [4.78, 5) is 0. The quantitative estimate of drug-likeness (QED) is 0.775. The van der Waals surface area contributed by atoms with Crippen LogP contribution in [-0.4, -0.2) is 28.1 Å². The second-order valence-electron chi connectivity index (χ2n) is 3.07. The molecule has 1 aromatic rings. The Labute approximate surface area is 94.1 Å². The van der Waals surface area contributed by atoms with Gasteiger partial charge in [0.25, 0.3) is 0 Å². The summed E-state index contributed by atoms with van der Waals surface area (Å²) in [5.74, 6) is -0.128. The molecule has 1 rings (SSSR count). The van der Waals surface area contributed by atoms with E-state index in [0.717, 1.165) is 0 Å². The van der Waals surface area contributed by atoms with Gasteiger partial charge in [-0.15, -0.1) is 10.2 Å². The number of aromatic nitrogens is 2. The van der Waals surface area contributed by atoms with Crippen LogP contribution in [0.15, 0.2) is 12.1 Å². The standard InChI is InChI=1S/C9H15N2O4P/c1-3-7-16(13,14-4-2)15-9-6-5-8(12)10-11-9/h5-6H,3-4,7H2,1-2H3,(H,10,12). The van der Waals surface area contributed by atoms with Crippen LogP contribution in [0.1, 0.15) is 20.3 Å². The Hall–Kier alpha value is -1.13. The van der Waals surface area contributed by atoms with Crippen LogP contribution < -0.4 is 4.52 Å². The second-order valence-corrected chi connectivity index (χ2v) is 5.18. The maximum atomic E-state index is 12.1. The molecule has 1 aromatic heterocycles. The summed E-state index contributed by atoms with van der Waals surface area (Å²) in [5.41, 5.74) is 0. The van der Waals surface area contributed by atoms with Crippen LogP contribution in [0, 0.1) is 0 Å². The van der Waals surface area contributed by atoms with Gasteiger partial charge in [-0.1, -0.05) is 6.92 Å². The molecule has 0 fully saturated rings. The zero-order valence-electron chi connectivity index (χ0n) is 9.29. The second kappa shape index (κ2) is 5.82. The smallest absolute Gasteiger partial charge is 0.380 e. The highest BCUT2D eigenvalue weighted by Gasteiger charge is 2.25. The van der Waals surface area contributed by atoms with Crippen molar-refractivity contribution in [1.82, 2.24) is 10.2 Å². The van der Waals surface area contributed by atoms with Gasteiger partial charge in [0.1, 0.15) is 0 Å². The van der Waals surface area contributed by atoms with Gasteiger partial charge in [-0.05, 0) is 13.3 Å². The van der Waals surface area contributed by atoms with Gasteiger partial charge in [-0.25, -0.2) is 4.57 Å². The molecule has 16 heavy (non-hydrogen) atoms. The van der Waals surface area contributed by atoms with Crippen molar-refractivity contribution in [2.75, 3.05) is 12.8 Å². The maximum absolute atomic E-state index is 12.1. The van der Waals surface area contributed by atoms with E-state index in [4.69, 9.17) is 14.2 Å².